The Kier molecular flexibility index (Phi) is 5.29. The zero-order valence-corrected chi connectivity index (χ0v) is 16.8. The first-order valence-corrected chi connectivity index (χ1v) is 9.51. The molecule has 9 heteroatoms. The van der Waals surface area contributed by atoms with Crippen LogP contribution in [0.15, 0.2) is 24.3 Å². The number of aliphatic carboxylic acids is 1. The number of methoxy groups -OCH3 is 2. The van der Waals surface area contributed by atoms with E-state index in [0.717, 1.165) is 5.56 Å². The van der Waals surface area contributed by atoms with Crippen LogP contribution in [-0.4, -0.2) is 64.2 Å². The third-order valence-corrected chi connectivity index (χ3v) is 6.38. The van der Waals surface area contributed by atoms with E-state index in [2.05, 4.69) is 5.32 Å². The molecule has 1 aromatic rings. The number of carboxylic acid groups (broad SMARTS) is 1. The highest BCUT2D eigenvalue weighted by Crippen LogP contribution is 2.50. The number of carboxylic acids is 1. The first-order chi connectivity index (χ1) is 13.2. The number of nitrogens with one attached hydrogen (secondary N) is 1. The Morgan fingerprint density at radius 2 is 1.93 bits per heavy atom. The molecule has 0 radical (unpaired) electrons. The van der Waals surface area contributed by atoms with E-state index in [1.54, 1.807) is 38.1 Å². The Bertz CT molecular complexity index is 853. The number of nitrogens with zero attached hydrogens (tertiary/aromatic N) is 1. The number of carbonyl (C=O) groups excluding carboxylic acids is 2. The topological polar surface area (TPSA) is 105 Å². The lowest BCUT2D eigenvalue weighted by molar-refractivity contribution is -0.160. The second kappa shape index (κ2) is 7.38. The molecule has 0 saturated carbocycles. The Hall–Kier alpha value is -2.68. The average Bonchev–Trinajstić information content (AvgIpc) is 2.92. The smallest absolute Gasteiger partial charge is 0.327 e. The SMILES string of the molecule is COc1ccc(/C=C/C(=O)N[C@@H]2C(=O)N3[C@H]2SC(C)(C)[C@H]3C(=O)O)cc1OC. The molecule has 0 spiro atoms. The molecule has 150 valence electrons. The number of fused-ring (bicyclic) bond motifs is 1. The summed E-state index contributed by atoms with van der Waals surface area (Å²) in [6.07, 6.45) is 2.93. The summed E-state index contributed by atoms with van der Waals surface area (Å²) in [4.78, 5) is 37.5. The van der Waals surface area contributed by atoms with E-state index in [4.69, 9.17) is 9.47 Å². The minimum atomic E-state index is -1.04. The van der Waals surface area contributed by atoms with Crippen LogP contribution in [0.4, 0.5) is 0 Å². The largest absolute Gasteiger partial charge is 0.493 e. The molecule has 1 aromatic carbocycles. The number of ether oxygens (including phenoxy) is 2. The van der Waals surface area contributed by atoms with Crippen molar-refractivity contribution in [3.8, 4) is 11.5 Å². The van der Waals surface area contributed by atoms with Gasteiger partial charge >= 0.3 is 5.97 Å². The van der Waals surface area contributed by atoms with Gasteiger partial charge in [-0.1, -0.05) is 6.07 Å². The van der Waals surface area contributed by atoms with E-state index >= 15 is 0 Å². The molecule has 2 saturated heterocycles. The van der Waals surface area contributed by atoms with Crippen molar-refractivity contribution >= 4 is 35.6 Å². The molecule has 2 aliphatic rings. The summed E-state index contributed by atoms with van der Waals surface area (Å²) in [5.74, 6) is -0.711. The molecule has 0 unspecified atom stereocenters. The van der Waals surface area contributed by atoms with Crippen molar-refractivity contribution in [2.24, 2.45) is 0 Å². The Morgan fingerprint density at radius 3 is 2.54 bits per heavy atom. The van der Waals surface area contributed by atoms with E-state index in [1.165, 1.54) is 37.0 Å². The second-order valence-electron chi connectivity index (χ2n) is 7.03. The molecule has 8 nitrogen and oxygen atoms in total. The van der Waals surface area contributed by atoms with Crippen LogP contribution in [0.3, 0.4) is 0 Å². The fraction of sp³-hybridized carbons (Fsp3) is 0.421. The van der Waals surface area contributed by atoms with E-state index in [-0.39, 0.29) is 11.3 Å². The van der Waals surface area contributed by atoms with E-state index < -0.39 is 28.7 Å². The van der Waals surface area contributed by atoms with Crippen molar-refractivity contribution in [1.29, 1.82) is 0 Å². The van der Waals surface area contributed by atoms with Crippen LogP contribution in [0.25, 0.3) is 6.08 Å². The standard InChI is InChI=1S/C19H22N2O6S/c1-19(2)15(18(24)25)21-16(23)14(17(21)28-19)20-13(22)8-6-10-5-7-11(26-3)12(9-10)27-4/h5-9,14-15,17H,1-4H3,(H,20,22)(H,24,25)/b8-6+/t14-,15-,17+/m1/s1. The maximum Gasteiger partial charge on any atom is 0.327 e. The van der Waals surface area contributed by atoms with Gasteiger partial charge in [-0.25, -0.2) is 4.79 Å². The molecule has 0 aliphatic carbocycles. The Labute approximate surface area is 166 Å². The lowest BCUT2D eigenvalue weighted by atomic mass is 9.96. The quantitative estimate of drug-likeness (QED) is 0.543. The van der Waals surface area contributed by atoms with Gasteiger partial charge in [0.1, 0.15) is 17.5 Å². The Morgan fingerprint density at radius 1 is 1.25 bits per heavy atom. The first kappa shape index (κ1) is 20.1. The van der Waals surface area contributed by atoms with Crippen LogP contribution in [0, 0.1) is 0 Å². The lowest BCUT2D eigenvalue weighted by Crippen LogP contribution is -2.70. The zero-order chi connectivity index (χ0) is 20.6. The van der Waals surface area contributed by atoms with Gasteiger partial charge in [-0.05, 0) is 37.6 Å². The van der Waals surface area contributed by atoms with Crippen LogP contribution in [0.5, 0.6) is 11.5 Å². The highest BCUT2D eigenvalue weighted by Gasteiger charge is 2.64. The first-order valence-electron chi connectivity index (χ1n) is 8.63. The fourth-order valence-corrected chi connectivity index (χ4v) is 5.10. The number of hydrogen-bond acceptors (Lipinski definition) is 6. The molecule has 28 heavy (non-hydrogen) atoms. The number of β-lactam (4-membered cyclic amide) rings is 1. The van der Waals surface area contributed by atoms with Crippen molar-refractivity contribution in [3.63, 3.8) is 0 Å². The molecule has 2 aliphatic heterocycles. The number of rotatable bonds is 6. The average molecular weight is 406 g/mol. The highest BCUT2D eigenvalue weighted by atomic mass is 32.2. The minimum Gasteiger partial charge on any atom is -0.493 e. The summed E-state index contributed by atoms with van der Waals surface area (Å²) in [6, 6.07) is 3.61. The van der Waals surface area contributed by atoms with Crippen molar-refractivity contribution < 1.29 is 29.0 Å². The predicted octanol–water partition coefficient (Wildman–Crippen LogP) is 1.35. The monoisotopic (exact) mass is 406 g/mol. The fourth-order valence-electron chi connectivity index (χ4n) is 3.48. The summed E-state index contributed by atoms with van der Waals surface area (Å²) >= 11 is 1.39. The third kappa shape index (κ3) is 3.42. The molecule has 3 rings (SSSR count). The molecule has 3 atom stereocenters. The van der Waals surface area contributed by atoms with E-state index in [0.29, 0.717) is 11.5 Å². The Balaban J connectivity index is 1.66. The number of hydrogen-bond donors (Lipinski definition) is 2. The van der Waals surface area contributed by atoms with E-state index in [9.17, 15) is 19.5 Å². The van der Waals surface area contributed by atoms with Gasteiger partial charge < -0.3 is 24.8 Å². The molecule has 2 N–H and O–H groups in total. The summed E-state index contributed by atoms with van der Waals surface area (Å²) in [5, 5.41) is 11.7. The van der Waals surface area contributed by atoms with E-state index in [1.807, 2.05) is 0 Å². The highest BCUT2D eigenvalue weighted by molar-refractivity contribution is 8.01. The lowest BCUT2D eigenvalue weighted by Gasteiger charge is -2.43. The normalized spacial score (nSPS) is 25.2. The molecular formula is C19H22N2O6S. The van der Waals surface area contributed by atoms with Gasteiger partial charge in [0, 0.05) is 10.8 Å². The molecule has 0 aromatic heterocycles. The summed E-state index contributed by atoms with van der Waals surface area (Å²) in [5.41, 5.74) is 0.733. The van der Waals surface area contributed by atoms with Gasteiger partial charge in [0.2, 0.25) is 11.8 Å². The van der Waals surface area contributed by atoms with Crippen LogP contribution in [0.1, 0.15) is 19.4 Å². The van der Waals surface area contributed by atoms with Crippen LogP contribution in [-0.2, 0) is 14.4 Å². The molecule has 0 bridgehead atoms. The van der Waals surface area contributed by atoms with Gasteiger partial charge in [-0.3, -0.25) is 9.59 Å². The van der Waals surface area contributed by atoms with Crippen molar-refractivity contribution in [2.45, 2.75) is 36.1 Å². The van der Waals surface area contributed by atoms with Crippen molar-refractivity contribution in [2.75, 3.05) is 14.2 Å². The maximum atomic E-state index is 12.4. The summed E-state index contributed by atoms with van der Waals surface area (Å²) in [6.45, 7) is 3.58. The van der Waals surface area contributed by atoms with Crippen LogP contribution in [0.2, 0.25) is 0 Å². The van der Waals surface area contributed by atoms with Gasteiger partial charge in [0.05, 0.1) is 14.2 Å². The predicted molar refractivity (Wildman–Crippen MR) is 104 cm³/mol. The zero-order valence-electron chi connectivity index (χ0n) is 16.0. The van der Waals surface area contributed by atoms with Crippen LogP contribution >= 0.6 is 11.8 Å². The number of benzene rings is 1. The molecule has 2 heterocycles. The number of carbonyl (C=O) groups is 3. The summed E-state index contributed by atoms with van der Waals surface area (Å²) in [7, 11) is 3.06. The minimum absolute atomic E-state index is 0.372. The molecular weight excluding hydrogens is 384 g/mol. The summed E-state index contributed by atoms with van der Waals surface area (Å²) < 4.78 is 9.77. The molecule has 2 fully saturated rings. The van der Waals surface area contributed by atoms with Gasteiger partial charge in [-0.15, -0.1) is 11.8 Å². The van der Waals surface area contributed by atoms with Gasteiger partial charge in [0.25, 0.3) is 0 Å². The second-order valence-corrected chi connectivity index (χ2v) is 8.80. The number of amides is 2. The third-order valence-electron chi connectivity index (χ3n) is 4.81. The van der Waals surface area contributed by atoms with Gasteiger partial charge in [0.15, 0.2) is 11.5 Å². The van der Waals surface area contributed by atoms with Crippen molar-refractivity contribution in [3.05, 3.63) is 29.8 Å². The maximum absolute atomic E-state index is 12.4. The van der Waals surface area contributed by atoms with Crippen LogP contribution < -0.4 is 14.8 Å². The van der Waals surface area contributed by atoms with Gasteiger partial charge in [-0.2, -0.15) is 0 Å². The number of thioether (sulfide) groups is 1. The van der Waals surface area contributed by atoms with Crippen molar-refractivity contribution in [1.82, 2.24) is 10.2 Å². The molecule has 2 amide bonds.